The summed E-state index contributed by atoms with van der Waals surface area (Å²) in [7, 11) is 0. The molecule has 2 heterocycles. The van der Waals surface area contributed by atoms with E-state index in [-0.39, 0.29) is 18.4 Å². The fourth-order valence-corrected chi connectivity index (χ4v) is 3.40. The van der Waals surface area contributed by atoms with Gasteiger partial charge in [-0.2, -0.15) is 0 Å². The van der Waals surface area contributed by atoms with Gasteiger partial charge in [0.05, 0.1) is 0 Å². The summed E-state index contributed by atoms with van der Waals surface area (Å²) in [5.74, 6) is -0.362. The lowest BCUT2D eigenvalue weighted by Crippen LogP contribution is -2.44. The summed E-state index contributed by atoms with van der Waals surface area (Å²) in [4.78, 5) is 28.4. The molecule has 2 aromatic carbocycles. The van der Waals surface area contributed by atoms with Crippen LogP contribution >= 0.6 is 0 Å². The average molecular weight is 404 g/mol. The maximum atomic E-state index is 12.9. The van der Waals surface area contributed by atoms with Crippen molar-refractivity contribution in [1.29, 1.82) is 0 Å². The summed E-state index contributed by atoms with van der Waals surface area (Å²) in [6.07, 6.45) is 2.20. The summed E-state index contributed by atoms with van der Waals surface area (Å²) in [5.41, 5.74) is 2.67. The highest BCUT2D eigenvalue weighted by Gasteiger charge is 2.25. The molecular formula is C24H24N2O4. The molecule has 0 aliphatic heterocycles. The molecule has 0 bridgehead atoms. The number of ether oxygens (including phenoxy) is 1. The second-order valence-corrected chi connectivity index (χ2v) is 7.64. The number of aromatic nitrogens is 1. The molecule has 1 unspecified atom stereocenters. The van der Waals surface area contributed by atoms with Crippen molar-refractivity contribution in [2.24, 2.45) is 5.92 Å². The van der Waals surface area contributed by atoms with Crippen LogP contribution in [-0.4, -0.2) is 22.9 Å². The maximum Gasteiger partial charge on any atom is 0.329 e. The summed E-state index contributed by atoms with van der Waals surface area (Å²) in [5, 5.41) is 4.79. The van der Waals surface area contributed by atoms with Crippen molar-refractivity contribution >= 4 is 33.7 Å². The molecule has 0 spiro atoms. The summed E-state index contributed by atoms with van der Waals surface area (Å²) in [6, 6.07) is 16.5. The van der Waals surface area contributed by atoms with Crippen LogP contribution in [0.15, 0.2) is 65.2 Å². The van der Waals surface area contributed by atoms with Crippen molar-refractivity contribution in [1.82, 2.24) is 10.3 Å². The van der Waals surface area contributed by atoms with Gasteiger partial charge < -0.3 is 19.5 Å². The van der Waals surface area contributed by atoms with Crippen molar-refractivity contribution < 1.29 is 18.7 Å². The molecule has 2 N–H and O–H groups in total. The van der Waals surface area contributed by atoms with E-state index in [1.807, 2.05) is 60.8 Å². The number of hydrogen-bond acceptors (Lipinski definition) is 4. The van der Waals surface area contributed by atoms with Crippen molar-refractivity contribution in [3.63, 3.8) is 0 Å². The molecule has 6 nitrogen and oxygen atoms in total. The summed E-state index contributed by atoms with van der Waals surface area (Å²) < 4.78 is 11.2. The fraction of sp³-hybridized carbons (Fsp3) is 0.250. The number of aromatic amines is 1. The molecule has 4 aromatic rings. The van der Waals surface area contributed by atoms with E-state index in [4.69, 9.17) is 9.15 Å². The second-order valence-electron chi connectivity index (χ2n) is 7.64. The topological polar surface area (TPSA) is 84.3 Å². The Kier molecular flexibility index (Phi) is 5.57. The molecule has 1 atom stereocenters. The number of carbonyl (C=O) groups is 2. The smallest absolute Gasteiger partial charge is 0.329 e. The minimum atomic E-state index is -0.788. The molecule has 6 heteroatoms. The fourth-order valence-electron chi connectivity index (χ4n) is 3.40. The molecule has 0 aliphatic rings. The van der Waals surface area contributed by atoms with Crippen molar-refractivity contribution in [3.05, 3.63) is 72.1 Å². The van der Waals surface area contributed by atoms with E-state index in [9.17, 15) is 9.59 Å². The van der Waals surface area contributed by atoms with E-state index >= 15 is 0 Å². The Morgan fingerprint density at radius 2 is 1.87 bits per heavy atom. The highest BCUT2D eigenvalue weighted by atomic mass is 16.5. The number of carbonyl (C=O) groups excluding carboxylic acids is 2. The van der Waals surface area contributed by atoms with Gasteiger partial charge in [0.25, 0.3) is 0 Å². The van der Waals surface area contributed by atoms with E-state index in [2.05, 4.69) is 10.3 Å². The van der Waals surface area contributed by atoms with Crippen LogP contribution in [0.4, 0.5) is 0 Å². The average Bonchev–Trinajstić information content (AvgIpc) is 3.35. The molecule has 0 fully saturated rings. The Hall–Kier alpha value is -3.54. The van der Waals surface area contributed by atoms with Gasteiger partial charge in [0.1, 0.15) is 24.0 Å². The number of hydrogen-bond donors (Lipinski definition) is 2. The number of esters is 1. The number of benzene rings is 2. The Bertz CT molecular complexity index is 1160. The van der Waals surface area contributed by atoms with Crippen LogP contribution in [0.3, 0.4) is 0 Å². The number of amides is 1. The van der Waals surface area contributed by atoms with E-state index < -0.39 is 12.0 Å². The van der Waals surface area contributed by atoms with Gasteiger partial charge in [-0.05, 0) is 23.8 Å². The van der Waals surface area contributed by atoms with Gasteiger partial charge in [-0.15, -0.1) is 0 Å². The zero-order chi connectivity index (χ0) is 21.1. The lowest BCUT2D eigenvalue weighted by Gasteiger charge is -2.18. The molecule has 0 saturated carbocycles. The number of fused-ring (bicyclic) bond motifs is 2. The van der Waals surface area contributed by atoms with Gasteiger partial charge in [0, 0.05) is 34.8 Å². The van der Waals surface area contributed by atoms with Crippen LogP contribution in [0.5, 0.6) is 0 Å². The van der Waals surface area contributed by atoms with Crippen LogP contribution in [0.25, 0.3) is 21.9 Å². The lowest BCUT2D eigenvalue weighted by atomic mass is 10.0. The molecule has 0 saturated heterocycles. The molecule has 154 valence electrons. The second kappa shape index (κ2) is 8.45. The highest BCUT2D eigenvalue weighted by molar-refractivity contribution is 5.88. The summed E-state index contributed by atoms with van der Waals surface area (Å²) >= 11 is 0. The third-order valence-electron chi connectivity index (χ3n) is 5.06. The molecule has 4 rings (SSSR count). The predicted octanol–water partition coefficient (Wildman–Crippen LogP) is 4.34. The number of furan rings is 1. The predicted molar refractivity (Wildman–Crippen MR) is 115 cm³/mol. The lowest BCUT2D eigenvalue weighted by molar-refractivity contribution is -0.149. The molecule has 1 amide bonds. The van der Waals surface area contributed by atoms with Crippen LogP contribution in [0.2, 0.25) is 0 Å². The number of nitrogens with one attached hydrogen (secondary N) is 2. The van der Waals surface area contributed by atoms with Crippen LogP contribution in [-0.2, 0) is 27.4 Å². The van der Waals surface area contributed by atoms with E-state index in [1.165, 1.54) is 0 Å². The first-order chi connectivity index (χ1) is 14.5. The normalized spacial score (nSPS) is 12.4. The van der Waals surface area contributed by atoms with E-state index in [0.29, 0.717) is 12.2 Å². The standard InChI is InChI=1S/C24H24N2O4/c1-15(2)23(27)26-21(12-17-13-25-20-9-5-4-8-19(17)20)24(28)29-14-18-11-16-7-3-6-10-22(16)30-18/h3-11,13,15,21,25H,12,14H2,1-2H3,(H,26,27). The van der Waals surface area contributed by atoms with Crippen molar-refractivity contribution in [3.8, 4) is 0 Å². The van der Waals surface area contributed by atoms with Gasteiger partial charge in [-0.3, -0.25) is 4.79 Å². The number of para-hydroxylation sites is 2. The van der Waals surface area contributed by atoms with Gasteiger partial charge in [-0.25, -0.2) is 4.79 Å². The molecule has 2 aromatic heterocycles. The molecular weight excluding hydrogens is 380 g/mol. The largest absolute Gasteiger partial charge is 0.457 e. The zero-order valence-electron chi connectivity index (χ0n) is 17.0. The summed E-state index contributed by atoms with van der Waals surface area (Å²) in [6.45, 7) is 3.59. The van der Waals surface area contributed by atoms with Crippen molar-refractivity contribution in [2.45, 2.75) is 32.9 Å². The molecule has 0 aliphatic carbocycles. The van der Waals surface area contributed by atoms with E-state index in [0.717, 1.165) is 27.4 Å². The Morgan fingerprint density at radius 1 is 1.10 bits per heavy atom. The van der Waals surface area contributed by atoms with Crippen LogP contribution in [0.1, 0.15) is 25.2 Å². The molecule has 30 heavy (non-hydrogen) atoms. The first-order valence-corrected chi connectivity index (χ1v) is 10.0. The van der Waals surface area contributed by atoms with Crippen molar-refractivity contribution in [2.75, 3.05) is 0 Å². The zero-order valence-corrected chi connectivity index (χ0v) is 17.0. The third kappa shape index (κ3) is 4.22. The SMILES string of the molecule is CC(C)C(=O)NC(Cc1c[nH]c2ccccc12)C(=O)OCc1cc2ccccc2o1. The van der Waals surface area contributed by atoms with Gasteiger partial charge in [-0.1, -0.05) is 50.2 Å². The minimum Gasteiger partial charge on any atom is -0.457 e. The Balaban J connectivity index is 1.50. The number of H-pyrrole nitrogens is 1. The quantitative estimate of drug-likeness (QED) is 0.449. The van der Waals surface area contributed by atoms with Gasteiger partial charge >= 0.3 is 5.97 Å². The monoisotopic (exact) mass is 404 g/mol. The highest BCUT2D eigenvalue weighted by Crippen LogP contribution is 2.21. The first-order valence-electron chi connectivity index (χ1n) is 10.0. The Labute approximate surface area is 174 Å². The maximum absolute atomic E-state index is 12.9. The third-order valence-corrected chi connectivity index (χ3v) is 5.06. The van der Waals surface area contributed by atoms with Gasteiger partial charge in [0.2, 0.25) is 5.91 Å². The van der Waals surface area contributed by atoms with E-state index in [1.54, 1.807) is 13.8 Å². The molecule has 0 radical (unpaired) electrons. The van der Waals surface area contributed by atoms with Gasteiger partial charge in [0.15, 0.2) is 0 Å². The first kappa shape index (κ1) is 19.8. The number of rotatable bonds is 7. The van der Waals surface area contributed by atoms with Crippen LogP contribution < -0.4 is 5.32 Å². The Morgan fingerprint density at radius 3 is 2.67 bits per heavy atom. The van der Waals surface area contributed by atoms with Crippen LogP contribution in [0, 0.1) is 5.92 Å². The minimum absolute atomic E-state index is 0.00937.